The summed E-state index contributed by atoms with van der Waals surface area (Å²) < 4.78 is 27.6. The van der Waals surface area contributed by atoms with Gasteiger partial charge in [0.15, 0.2) is 0 Å². The quantitative estimate of drug-likeness (QED) is 0.773. The van der Waals surface area contributed by atoms with Gasteiger partial charge in [0.1, 0.15) is 17.5 Å². The normalized spacial score (nSPS) is 15.8. The molecular weight excluding hydrogens is 308 g/mol. The molecular formula is C19H17F2N3. The molecule has 0 atom stereocenters. The van der Waals surface area contributed by atoms with Gasteiger partial charge >= 0.3 is 0 Å². The summed E-state index contributed by atoms with van der Waals surface area (Å²) in [6.07, 6.45) is 1.92. The molecule has 1 aromatic heterocycles. The number of halogens is 2. The maximum absolute atomic E-state index is 14.3. The first-order valence-corrected chi connectivity index (χ1v) is 8.15. The molecule has 1 saturated heterocycles. The molecule has 122 valence electrons. The van der Waals surface area contributed by atoms with Crippen LogP contribution in [0.3, 0.4) is 0 Å². The van der Waals surface area contributed by atoms with Crippen LogP contribution in [0, 0.1) is 11.6 Å². The fraction of sp³-hybridized carbons (Fsp3) is 0.263. The van der Waals surface area contributed by atoms with Crippen LogP contribution in [0.15, 0.2) is 42.5 Å². The molecule has 0 saturated carbocycles. The molecule has 0 unspecified atom stereocenters. The highest BCUT2D eigenvalue weighted by Crippen LogP contribution is 2.31. The maximum atomic E-state index is 14.3. The predicted octanol–water partition coefficient (Wildman–Crippen LogP) is 4.04. The SMILES string of the molecule is Fc1ccc(-c2nc(C3CCNCC3)nc3ccccc23)c(F)c1. The molecule has 0 amide bonds. The summed E-state index contributed by atoms with van der Waals surface area (Å²) in [7, 11) is 0. The van der Waals surface area contributed by atoms with Gasteiger partial charge in [0.2, 0.25) is 0 Å². The first kappa shape index (κ1) is 15.1. The lowest BCUT2D eigenvalue weighted by molar-refractivity contribution is 0.446. The average molecular weight is 325 g/mol. The van der Waals surface area contributed by atoms with E-state index in [4.69, 9.17) is 4.98 Å². The van der Waals surface area contributed by atoms with Crippen molar-refractivity contribution in [3.05, 3.63) is 59.9 Å². The topological polar surface area (TPSA) is 37.8 Å². The first-order chi connectivity index (χ1) is 11.7. The van der Waals surface area contributed by atoms with Crippen molar-refractivity contribution in [3.63, 3.8) is 0 Å². The van der Waals surface area contributed by atoms with E-state index in [0.29, 0.717) is 11.3 Å². The van der Waals surface area contributed by atoms with Crippen LogP contribution in [0.5, 0.6) is 0 Å². The first-order valence-electron chi connectivity index (χ1n) is 8.15. The van der Waals surface area contributed by atoms with E-state index >= 15 is 0 Å². The van der Waals surface area contributed by atoms with Crippen LogP contribution in [0.2, 0.25) is 0 Å². The Morgan fingerprint density at radius 3 is 2.54 bits per heavy atom. The van der Waals surface area contributed by atoms with Crippen molar-refractivity contribution in [3.8, 4) is 11.3 Å². The van der Waals surface area contributed by atoms with Gasteiger partial charge in [-0.3, -0.25) is 0 Å². The molecule has 0 spiro atoms. The van der Waals surface area contributed by atoms with Crippen molar-refractivity contribution in [2.75, 3.05) is 13.1 Å². The monoisotopic (exact) mass is 325 g/mol. The van der Waals surface area contributed by atoms with Gasteiger partial charge in [-0.15, -0.1) is 0 Å². The molecule has 5 heteroatoms. The Morgan fingerprint density at radius 1 is 0.958 bits per heavy atom. The largest absolute Gasteiger partial charge is 0.317 e. The molecule has 0 bridgehead atoms. The molecule has 1 aliphatic heterocycles. The number of benzene rings is 2. The van der Waals surface area contributed by atoms with Crippen molar-refractivity contribution >= 4 is 10.9 Å². The lowest BCUT2D eigenvalue weighted by Crippen LogP contribution is -2.27. The highest BCUT2D eigenvalue weighted by molar-refractivity contribution is 5.92. The minimum atomic E-state index is -0.602. The Kier molecular flexibility index (Phi) is 3.94. The molecule has 2 heterocycles. The summed E-state index contributed by atoms with van der Waals surface area (Å²) >= 11 is 0. The van der Waals surface area contributed by atoms with Gasteiger partial charge in [-0.2, -0.15) is 0 Å². The van der Waals surface area contributed by atoms with Crippen molar-refractivity contribution in [1.82, 2.24) is 15.3 Å². The molecule has 0 aliphatic carbocycles. The minimum Gasteiger partial charge on any atom is -0.317 e. The van der Waals surface area contributed by atoms with Gasteiger partial charge in [-0.1, -0.05) is 18.2 Å². The number of hydrogen-bond donors (Lipinski definition) is 1. The fourth-order valence-electron chi connectivity index (χ4n) is 3.24. The number of hydrogen-bond acceptors (Lipinski definition) is 3. The summed E-state index contributed by atoms with van der Waals surface area (Å²) in [4.78, 5) is 9.38. The number of fused-ring (bicyclic) bond motifs is 1. The van der Waals surface area contributed by atoms with E-state index in [2.05, 4.69) is 10.3 Å². The standard InChI is InChI=1S/C19H17F2N3/c20-13-5-6-14(16(21)11-13)18-15-3-1-2-4-17(15)23-19(24-18)12-7-9-22-10-8-12/h1-6,11-12,22H,7-10H2. The maximum Gasteiger partial charge on any atom is 0.135 e. The Bertz CT molecular complexity index is 889. The molecule has 1 aliphatic rings. The summed E-state index contributed by atoms with van der Waals surface area (Å²) in [6, 6.07) is 11.2. The number of aromatic nitrogens is 2. The van der Waals surface area contributed by atoms with Crippen molar-refractivity contribution in [2.45, 2.75) is 18.8 Å². The molecule has 0 radical (unpaired) electrons. The average Bonchev–Trinajstić information content (AvgIpc) is 2.62. The summed E-state index contributed by atoms with van der Waals surface area (Å²) in [5, 5.41) is 4.10. The van der Waals surface area contributed by atoms with Gasteiger partial charge in [0.25, 0.3) is 0 Å². The van der Waals surface area contributed by atoms with Crippen molar-refractivity contribution in [1.29, 1.82) is 0 Å². The Labute approximate surface area is 138 Å². The summed E-state index contributed by atoms with van der Waals surface area (Å²) in [6.45, 7) is 1.86. The lowest BCUT2D eigenvalue weighted by Gasteiger charge is -2.22. The number of rotatable bonds is 2. The van der Waals surface area contributed by atoms with Crippen molar-refractivity contribution < 1.29 is 8.78 Å². The van der Waals surface area contributed by atoms with E-state index in [-0.39, 0.29) is 5.92 Å². The van der Waals surface area contributed by atoms with Gasteiger partial charge in [0.05, 0.1) is 11.2 Å². The second-order valence-electron chi connectivity index (χ2n) is 6.10. The zero-order valence-electron chi connectivity index (χ0n) is 13.1. The van der Waals surface area contributed by atoms with Crippen LogP contribution in [-0.2, 0) is 0 Å². The molecule has 1 fully saturated rings. The zero-order valence-corrected chi connectivity index (χ0v) is 13.1. The predicted molar refractivity (Wildman–Crippen MR) is 89.7 cm³/mol. The Morgan fingerprint density at radius 2 is 1.75 bits per heavy atom. The highest BCUT2D eigenvalue weighted by Gasteiger charge is 2.21. The highest BCUT2D eigenvalue weighted by atomic mass is 19.1. The van der Waals surface area contributed by atoms with Gasteiger partial charge in [-0.25, -0.2) is 18.7 Å². The number of nitrogens with one attached hydrogen (secondary N) is 1. The number of para-hydroxylation sites is 1. The Balaban J connectivity index is 1.92. The summed E-state index contributed by atoms with van der Waals surface area (Å²) in [5.41, 5.74) is 1.64. The third kappa shape index (κ3) is 2.76. The third-order valence-corrected chi connectivity index (χ3v) is 4.51. The van der Waals surface area contributed by atoms with Crippen molar-refractivity contribution in [2.24, 2.45) is 0 Å². The van der Waals surface area contributed by atoms with E-state index in [1.165, 1.54) is 12.1 Å². The minimum absolute atomic E-state index is 0.262. The molecule has 3 nitrogen and oxygen atoms in total. The van der Waals surface area contributed by atoms with Crippen LogP contribution in [-0.4, -0.2) is 23.1 Å². The zero-order chi connectivity index (χ0) is 16.5. The second kappa shape index (κ2) is 6.24. The molecule has 3 aromatic rings. The van der Waals surface area contributed by atoms with E-state index in [0.717, 1.165) is 48.7 Å². The molecule has 2 aromatic carbocycles. The van der Waals surface area contributed by atoms with Gasteiger partial charge < -0.3 is 5.32 Å². The lowest BCUT2D eigenvalue weighted by atomic mass is 9.96. The summed E-state index contributed by atoms with van der Waals surface area (Å²) in [5.74, 6) is -0.185. The van der Waals surface area contributed by atoms with E-state index < -0.39 is 11.6 Å². The van der Waals surface area contributed by atoms with Gasteiger partial charge in [0, 0.05) is 22.9 Å². The van der Waals surface area contributed by atoms with Crippen LogP contribution in [0.4, 0.5) is 8.78 Å². The molecule has 24 heavy (non-hydrogen) atoms. The Hall–Kier alpha value is -2.40. The smallest absolute Gasteiger partial charge is 0.135 e. The van der Waals surface area contributed by atoms with E-state index in [9.17, 15) is 8.78 Å². The molecule has 1 N–H and O–H groups in total. The second-order valence-corrected chi connectivity index (χ2v) is 6.10. The van der Waals surface area contributed by atoms with Crippen LogP contribution in [0.25, 0.3) is 22.2 Å². The van der Waals surface area contributed by atoms with Crippen LogP contribution >= 0.6 is 0 Å². The fourth-order valence-corrected chi connectivity index (χ4v) is 3.24. The molecule has 4 rings (SSSR count). The van der Waals surface area contributed by atoms with Gasteiger partial charge in [-0.05, 0) is 44.1 Å². The van der Waals surface area contributed by atoms with Crippen LogP contribution in [0.1, 0.15) is 24.6 Å². The van der Waals surface area contributed by atoms with Crippen LogP contribution < -0.4 is 5.32 Å². The third-order valence-electron chi connectivity index (χ3n) is 4.51. The number of nitrogens with zero attached hydrogens (tertiary/aromatic N) is 2. The van der Waals surface area contributed by atoms with E-state index in [1.807, 2.05) is 24.3 Å². The van der Waals surface area contributed by atoms with E-state index in [1.54, 1.807) is 0 Å². The number of piperidine rings is 1.